The summed E-state index contributed by atoms with van der Waals surface area (Å²) in [6.07, 6.45) is 1.14. The molecule has 2 aliphatic heterocycles. The van der Waals surface area contributed by atoms with Gasteiger partial charge in [0.15, 0.2) is 0 Å². The Labute approximate surface area is 94.2 Å². The van der Waals surface area contributed by atoms with E-state index in [2.05, 4.69) is 17.3 Å². The van der Waals surface area contributed by atoms with E-state index in [0.29, 0.717) is 12.1 Å². The van der Waals surface area contributed by atoms with E-state index in [1.165, 1.54) is 6.42 Å². The molecule has 0 aliphatic carbocycles. The lowest BCUT2D eigenvalue weighted by Gasteiger charge is -2.47. The third kappa shape index (κ3) is 2.88. The number of rotatable bonds is 2. The van der Waals surface area contributed by atoms with Crippen LogP contribution in [0.1, 0.15) is 32.1 Å². The predicted molar refractivity (Wildman–Crippen MR) is 56.3 cm³/mol. The minimum absolute atomic E-state index is 0.0492. The van der Waals surface area contributed by atoms with E-state index in [-0.39, 0.29) is 6.04 Å². The maximum Gasteiger partial charge on any atom is 0.401 e. The summed E-state index contributed by atoms with van der Waals surface area (Å²) in [5.41, 5.74) is 0. The molecule has 0 spiro atoms. The summed E-state index contributed by atoms with van der Waals surface area (Å²) < 4.78 is 36.3. The smallest absolute Gasteiger partial charge is 0.306 e. The molecule has 2 saturated heterocycles. The highest BCUT2D eigenvalue weighted by Crippen LogP contribution is 2.32. The van der Waals surface area contributed by atoms with Gasteiger partial charge in [0.25, 0.3) is 0 Å². The van der Waals surface area contributed by atoms with Crippen molar-refractivity contribution in [2.75, 3.05) is 13.6 Å². The number of nitrogens with zero attached hydrogens (tertiary/aromatic N) is 1. The van der Waals surface area contributed by atoms with Gasteiger partial charge in [-0.25, -0.2) is 0 Å². The molecule has 94 valence electrons. The quantitative estimate of drug-likeness (QED) is 0.790. The van der Waals surface area contributed by atoms with Gasteiger partial charge in [-0.3, -0.25) is 0 Å². The highest BCUT2D eigenvalue weighted by atomic mass is 19.4. The fourth-order valence-corrected chi connectivity index (χ4v) is 3.04. The van der Waals surface area contributed by atoms with E-state index in [9.17, 15) is 13.2 Å². The topological polar surface area (TPSA) is 15.3 Å². The van der Waals surface area contributed by atoms with Crippen LogP contribution in [0.3, 0.4) is 0 Å². The zero-order valence-electron chi connectivity index (χ0n) is 9.56. The second-order valence-electron chi connectivity index (χ2n) is 5.07. The molecule has 2 atom stereocenters. The van der Waals surface area contributed by atoms with Crippen LogP contribution in [-0.4, -0.2) is 42.8 Å². The van der Waals surface area contributed by atoms with Crippen molar-refractivity contribution in [2.24, 2.45) is 0 Å². The van der Waals surface area contributed by atoms with Crippen molar-refractivity contribution in [3.8, 4) is 0 Å². The highest BCUT2D eigenvalue weighted by Gasteiger charge is 2.37. The molecule has 5 heteroatoms. The first kappa shape index (κ1) is 12.2. The van der Waals surface area contributed by atoms with E-state index in [4.69, 9.17) is 0 Å². The first-order valence-electron chi connectivity index (χ1n) is 5.98. The molecule has 2 aliphatic rings. The van der Waals surface area contributed by atoms with Gasteiger partial charge < -0.3 is 10.2 Å². The van der Waals surface area contributed by atoms with Gasteiger partial charge in [-0.15, -0.1) is 0 Å². The average Bonchev–Trinajstić information content (AvgIpc) is 2.14. The van der Waals surface area contributed by atoms with Crippen LogP contribution >= 0.6 is 0 Å². The van der Waals surface area contributed by atoms with E-state index in [1.54, 1.807) is 0 Å². The first-order chi connectivity index (χ1) is 7.46. The van der Waals surface area contributed by atoms with Crippen LogP contribution in [0.2, 0.25) is 0 Å². The van der Waals surface area contributed by atoms with Crippen molar-refractivity contribution in [3.05, 3.63) is 0 Å². The first-order valence-corrected chi connectivity index (χ1v) is 5.98. The molecule has 2 nitrogen and oxygen atoms in total. The van der Waals surface area contributed by atoms with Crippen LogP contribution < -0.4 is 5.32 Å². The summed E-state index contributed by atoms with van der Waals surface area (Å²) in [5.74, 6) is 0. The van der Waals surface area contributed by atoms with Crippen molar-refractivity contribution in [1.29, 1.82) is 0 Å². The summed E-state index contributed by atoms with van der Waals surface area (Å²) in [5, 5.41) is 2.66. The number of halogens is 3. The maximum atomic E-state index is 12.1. The Morgan fingerprint density at radius 2 is 1.75 bits per heavy atom. The van der Waals surface area contributed by atoms with Crippen LogP contribution in [0, 0.1) is 0 Å². The van der Waals surface area contributed by atoms with Crippen molar-refractivity contribution in [1.82, 2.24) is 10.2 Å². The normalized spacial score (nSPS) is 36.4. The average molecular weight is 236 g/mol. The summed E-state index contributed by atoms with van der Waals surface area (Å²) in [6.45, 7) is -0.846. The summed E-state index contributed by atoms with van der Waals surface area (Å²) >= 11 is 0. The number of alkyl halides is 3. The lowest BCUT2D eigenvalue weighted by atomic mass is 9.82. The molecule has 0 amide bonds. The summed E-state index contributed by atoms with van der Waals surface area (Å²) in [6, 6.07) is 1.02. The molecule has 2 heterocycles. The van der Waals surface area contributed by atoms with Gasteiger partial charge in [0.05, 0.1) is 6.54 Å². The van der Waals surface area contributed by atoms with Gasteiger partial charge in [0.2, 0.25) is 0 Å². The second kappa shape index (κ2) is 4.53. The van der Waals surface area contributed by atoms with Gasteiger partial charge in [0, 0.05) is 18.1 Å². The Bertz CT molecular complexity index is 228. The largest absolute Gasteiger partial charge is 0.401 e. The maximum absolute atomic E-state index is 12.1. The van der Waals surface area contributed by atoms with Gasteiger partial charge >= 0.3 is 6.18 Å². The van der Waals surface area contributed by atoms with Gasteiger partial charge in [-0.1, -0.05) is 6.42 Å². The van der Waals surface area contributed by atoms with E-state index in [1.807, 2.05) is 0 Å². The highest BCUT2D eigenvalue weighted by molar-refractivity contribution is 4.93. The Kier molecular flexibility index (Phi) is 3.45. The second-order valence-corrected chi connectivity index (χ2v) is 5.07. The zero-order chi connectivity index (χ0) is 11.8. The Balaban J connectivity index is 1.85. The minimum atomic E-state index is -4.08. The number of hydrogen-bond donors (Lipinski definition) is 1. The molecule has 0 saturated carbocycles. The standard InChI is InChI=1S/C11H19F3N2/c1-16-9-3-2-4-10(16)6-8(5-9)15-7-11(12,13)14/h8-10,15H,2-7H2,1H3. The fourth-order valence-electron chi connectivity index (χ4n) is 3.04. The molecular formula is C11H19F3N2. The monoisotopic (exact) mass is 236 g/mol. The van der Waals surface area contributed by atoms with Crippen molar-refractivity contribution in [2.45, 2.75) is 56.4 Å². The molecule has 0 aromatic carbocycles. The SMILES string of the molecule is CN1C2CCCC1CC(NCC(F)(F)F)C2. The molecule has 2 bridgehead atoms. The molecule has 2 unspecified atom stereocenters. The van der Waals surface area contributed by atoms with Crippen molar-refractivity contribution >= 4 is 0 Å². The Morgan fingerprint density at radius 1 is 1.19 bits per heavy atom. The molecule has 0 radical (unpaired) electrons. The van der Waals surface area contributed by atoms with Gasteiger partial charge in [-0.2, -0.15) is 13.2 Å². The summed E-state index contributed by atoms with van der Waals surface area (Å²) in [4.78, 5) is 2.36. The Morgan fingerprint density at radius 3 is 2.25 bits per heavy atom. The van der Waals surface area contributed by atoms with E-state index >= 15 is 0 Å². The molecule has 0 aromatic rings. The number of fused-ring (bicyclic) bond motifs is 2. The third-order valence-electron chi connectivity index (χ3n) is 3.93. The van der Waals surface area contributed by atoms with E-state index < -0.39 is 12.7 Å². The van der Waals surface area contributed by atoms with Gasteiger partial charge in [-0.05, 0) is 32.7 Å². The predicted octanol–water partition coefficient (Wildman–Crippen LogP) is 2.15. The Hall–Kier alpha value is -0.290. The number of nitrogens with one attached hydrogen (secondary N) is 1. The van der Waals surface area contributed by atoms with Crippen molar-refractivity contribution < 1.29 is 13.2 Å². The lowest BCUT2D eigenvalue weighted by molar-refractivity contribution is -0.127. The molecule has 1 N–H and O–H groups in total. The van der Waals surface area contributed by atoms with Crippen LogP contribution in [0.4, 0.5) is 13.2 Å². The number of hydrogen-bond acceptors (Lipinski definition) is 2. The van der Waals surface area contributed by atoms with Crippen LogP contribution in [0.5, 0.6) is 0 Å². The van der Waals surface area contributed by atoms with Gasteiger partial charge in [0.1, 0.15) is 0 Å². The van der Waals surface area contributed by atoms with Crippen LogP contribution in [-0.2, 0) is 0 Å². The molecular weight excluding hydrogens is 217 g/mol. The third-order valence-corrected chi connectivity index (χ3v) is 3.93. The molecule has 0 aromatic heterocycles. The van der Waals surface area contributed by atoms with E-state index in [0.717, 1.165) is 25.7 Å². The molecule has 16 heavy (non-hydrogen) atoms. The fraction of sp³-hybridized carbons (Fsp3) is 1.00. The number of piperidine rings is 2. The summed E-state index contributed by atoms with van der Waals surface area (Å²) in [7, 11) is 2.11. The van der Waals surface area contributed by atoms with Crippen LogP contribution in [0.25, 0.3) is 0 Å². The van der Waals surface area contributed by atoms with Crippen molar-refractivity contribution in [3.63, 3.8) is 0 Å². The molecule has 2 fully saturated rings. The van der Waals surface area contributed by atoms with Crippen LogP contribution in [0.15, 0.2) is 0 Å². The lowest BCUT2D eigenvalue weighted by Crippen LogP contribution is -2.55. The minimum Gasteiger partial charge on any atom is -0.306 e. The zero-order valence-corrected chi connectivity index (χ0v) is 9.56. The molecule has 2 rings (SSSR count).